The van der Waals surface area contributed by atoms with E-state index in [2.05, 4.69) is 17.4 Å². The van der Waals surface area contributed by atoms with Crippen LogP contribution in [0.5, 0.6) is 0 Å². The van der Waals surface area contributed by atoms with Gasteiger partial charge in [-0.2, -0.15) is 11.8 Å². The molecule has 0 bridgehead atoms. The van der Waals surface area contributed by atoms with Gasteiger partial charge in [-0.05, 0) is 37.1 Å². The molecule has 1 aromatic carbocycles. The Morgan fingerprint density at radius 1 is 1.26 bits per heavy atom. The molecule has 0 radical (unpaired) electrons. The van der Waals surface area contributed by atoms with E-state index in [0.29, 0.717) is 0 Å². The second-order valence-electron chi connectivity index (χ2n) is 5.52. The molecule has 106 valence electrons. The van der Waals surface area contributed by atoms with Gasteiger partial charge >= 0.3 is 0 Å². The van der Waals surface area contributed by atoms with Crippen molar-refractivity contribution in [1.82, 2.24) is 5.32 Å². The predicted molar refractivity (Wildman–Crippen MR) is 83.5 cm³/mol. The highest BCUT2D eigenvalue weighted by Gasteiger charge is 2.30. The van der Waals surface area contributed by atoms with Crippen LogP contribution < -0.4 is 5.32 Å². The summed E-state index contributed by atoms with van der Waals surface area (Å²) in [6, 6.07) is 10.3. The zero-order chi connectivity index (χ0) is 13.6. The van der Waals surface area contributed by atoms with E-state index in [1.165, 1.54) is 37.0 Å². The zero-order valence-electron chi connectivity index (χ0n) is 11.8. The van der Waals surface area contributed by atoms with Crippen molar-refractivity contribution in [3.63, 3.8) is 0 Å². The molecule has 2 N–H and O–H groups in total. The summed E-state index contributed by atoms with van der Waals surface area (Å²) in [6.45, 7) is 0.144. The lowest BCUT2D eigenvalue weighted by molar-refractivity contribution is 0.187. The van der Waals surface area contributed by atoms with Gasteiger partial charge in [-0.1, -0.05) is 43.2 Å². The van der Waals surface area contributed by atoms with Crippen LogP contribution in [0.4, 0.5) is 0 Å². The standard InChI is InChI=1S/C16H25NOS/c1-17-16(12-18,15-9-3-2-4-10-15)13-19-11-14-7-5-6-8-14/h2-4,9-10,14,17-18H,5-8,11-13H2,1H3. The maximum atomic E-state index is 9.85. The van der Waals surface area contributed by atoms with Crippen LogP contribution in [0.15, 0.2) is 30.3 Å². The van der Waals surface area contributed by atoms with Gasteiger partial charge in [0.25, 0.3) is 0 Å². The summed E-state index contributed by atoms with van der Waals surface area (Å²) in [5.74, 6) is 3.06. The molecular formula is C16H25NOS. The van der Waals surface area contributed by atoms with E-state index in [-0.39, 0.29) is 12.1 Å². The predicted octanol–water partition coefficient (Wildman–Crippen LogP) is 3.02. The fourth-order valence-electron chi connectivity index (χ4n) is 2.85. The number of hydrogen-bond acceptors (Lipinski definition) is 3. The van der Waals surface area contributed by atoms with Gasteiger partial charge < -0.3 is 10.4 Å². The van der Waals surface area contributed by atoms with Gasteiger partial charge in [0, 0.05) is 5.75 Å². The van der Waals surface area contributed by atoms with E-state index < -0.39 is 0 Å². The summed E-state index contributed by atoms with van der Waals surface area (Å²) < 4.78 is 0. The molecule has 19 heavy (non-hydrogen) atoms. The van der Waals surface area contributed by atoms with Gasteiger partial charge in [0.15, 0.2) is 0 Å². The number of hydrogen-bond donors (Lipinski definition) is 2. The van der Waals surface area contributed by atoms with Crippen molar-refractivity contribution in [3.8, 4) is 0 Å². The van der Waals surface area contributed by atoms with Crippen molar-refractivity contribution in [2.45, 2.75) is 31.2 Å². The third kappa shape index (κ3) is 3.74. The largest absolute Gasteiger partial charge is 0.394 e. The molecule has 2 rings (SSSR count). The number of rotatable bonds is 7. The van der Waals surface area contributed by atoms with Gasteiger partial charge in [0.05, 0.1) is 12.1 Å². The van der Waals surface area contributed by atoms with Crippen molar-refractivity contribution >= 4 is 11.8 Å². The van der Waals surface area contributed by atoms with E-state index in [0.717, 1.165) is 11.7 Å². The average molecular weight is 279 g/mol. The fraction of sp³-hybridized carbons (Fsp3) is 0.625. The van der Waals surface area contributed by atoms with Crippen molar-refractivity contribution in [2.75, 3.05) is 25.2 Å². The Labute approximate surface area is 121 Å². The van der Waals surface area contributed by atoms with Crippen molar-refractivity contribution in [2.24, 2.45) is 5.92 Å². The molecule has 1 unspecified atom stereocenters. The highest BCUT2D eigenvalue weighted by Crippen LogP contribution is 2.31. The second kappa shape index (κ2) is 7.32. The molecule has 1 saturated carbocycles. The Balaban J connectivity index is 1.95. The van der Waals surface area contributed by atoms with E-state index in [9.17, 15) is 5.11 Å². The smallest absolute Gasteiger partial charge is 0.0758 e. The lowest BCUT2D eigenvalue weighted by Gasteiger charge is -2.32. The Morgan fingerprint density at radius 3 is 2.53 bits per heavy atom. The van der Waals surface area contributed by atoms with Crippen LogP contribution in [0.2, 0.25) is 0 Å². The first-order chi connectivity index (χ1) is 9.30. The first kappa shape index (κ1) is 14.9. The second-order valence-corrected chi connectivity index (χ2v) is 6.55. The Kier molecular flexibility index (Phi) is 5.74. The minimum Gasteiger partial charge on any atom is -0.394 e. The van der Waals surface area contributed by atoms with E-state index in [1.807, 2.05) is 37.0 Å². The first-order valence-corrected chi connectivity index (χ1v) is 8.39. The maximum absolute atomic E-state index is 9.85. The SMILES string of the molecule is CNC(CO)(CSCC1CCCC1)c1ccccc1. The van der Waals surface area contributed by atoms with Crippen molar-refractivity contribution in [3.05, 3.63) is 35.9 Å². The van der Waals surface area contributed by atoms with Crippen LogP contribution in [0.3, 0.4) is 0 Å². The van der Waals surface area contributed by atoms with Crippen LogP contribution >= 0.6 is 11.8 Å². The lowest BCUT2D eigenvalue weighted by Crippen LogP contribution is -2.46. The molecule has 1 aromatic rings. The van der Waals surface area contributed by atoms with Crippen molar-refractivity contribution < 1.29 is 5.11 Å². The van der Waals surface area contributed by atoms with Gasteiger partial charge in [-0.25, -0.2) is 0 Å². The molecule has 0 amide bonds. The molecular weight excluding hydrogens is 254 g/mol. The number of aliphatic hydroxyl groups excluding tert-OH is 1. The molecule has 1 aliphatic rings. The van der Waals surface area contributed by atoms with Gasteiger partial charge in [-0.3, -0.25) is 0 Å². The highest BCUT2D eigenvalue weighted by molar-refractivity contribution is 7.99. The Hall–Kier alpha value is -0.510. The first-order valence-electron chi connectivity index (χ1n) is 7.24. The molecule has 1 atom stereocenters. The van der Waals surface area contributed by atoms with Gasteiger partial charge in [0.1, 0.15) is 0 Å². The van der Waals surface area contributed by atoms with Gasteiger partial charge in [0.2, 0.25) is 0 Å². The summed E-state index contributed by atoms with van der Waals surface area (Å²) in [6.07, 6.45) is 5.59. The number of aliphatic hydroxyl groups is 1. The normalized spacial score (nSPS) is 19.5. The van der Waals surface area contributed by atoms with Crippen LogP contribution in [0.25, 0.3) is 0 Å². The van der Waals surface area contributed by atoms with Crippen LogP contribution in [0.1, 0.15) is 31.2 Å². The van der Waals surface area contributed by atoms with E-state index >= 15 is 0 Å². The summed E-state index contributed by atoms with van der Waals surface area (Å²) >= 11 is 1.98. The molecule has 0 heterocycles. The Bertz CT molecular complexity index is 358. The third-order valence-electron chi connectivity index (χ3n) is 4.25. The molecule has 0 spiro atoms. The zero-order valence-corrected chi connectivity index (χ0v) is 12.6. The molecule has 2 nitrogen and oxygen atoms in total. The van der Waals surface area contributed by atoms with Crippen LogP contribution in [-0.4, -0.2) is 30.3 Å². The van der Waals surface area contributed by atoms with E-state index in [4.69, 9.17) is 0 Å². The van der Waals surface area contributed by atoms with E-state index in [1.54, 1.807) is 0 Å². The molecule has 1 fully saturated rings. The molecule has 0 saturated heterocycles. The van der Waals surface area contributed by atoms with Gasteiger partial charge in [-0.15, -0.1) is 0 Å². The monoisotopic (exact) mass is 279 g/mol. The minimum absolute atomic E-state index is 0.144. The summed E-state index contributed by atoms with van der Waals surface area (Å²) in [5, 5.41) is 13.2. The quantitative estimate of drug-likeness (QED) is 0.805. The highest BCUT2D eigenvalue weighted by atomic mass is 32.2. The summed E-state index contributed by atoms with van der Waals surface area (Å²) in [5.41, 5.74) is 0.878. The molecule has 0 aromatic heterocycles. The number of likely N-dealkylation sites (N-methyl/N-ethyl adjacent to an activating group) is 1. The Morgan fingerprint density at radius 2 is 1.95 bits per heavy atom. The number of benzene rings is 1. The molecule has 0 aliphatic heterocycles. The fourth-order valence-corrected chi connectivity index (χ4v) is 4.39. The summed E-state index contributed by atoms with van der Waals surface area (Å²) in [4.78, 5) is 0. The van der Waals surface area contributed by atoms with Crippen molar-refractivity contribution in [1.29, 1.82) is 0 Å². The van der Waals surface area contributed by atoms with Crippen LogP contribution in [-0.2, 0) is 5.54 Å². The average Bonchev–Trinajstić information content (AvgIpc) is 2.98. The maximum Gasteiger partial charge on any atom is 0.0758 e. The summed E-state index contributed by atoms with van der Waals surface area (Å²) in [7, 11) is 1.94. The van der Waals surface area contributed by atoms with Crippen LogP contribution in [0, 0.1) is 5.92 Å². The topological polar surface area (TPSA) is 32.3 Å². The third-order valence-corrected chi connectivity index (χ3v) is 5.66. The molecule has 3 heteroatoms. The number of thioether (sulfide) groups is 1. The molecule has 1 aliphatic carbocycles. The lowest BCUT2D eigenvalue weighted by atomic mass is 9.93. The minimum atomic E-state index is -0.301. The number of nitrogens with one attached hydrogen (secondary N) is 1.